The van der Waals surface area contributed by atoms with Crippen LogP contribution < -0.4 is 0 Å². The molecule has 0 fully saturated rings. The molecular weight excluding hydrogens is 198 g/mol. The Morgan fingerprint density at radius 3 is 2.57 bits per heavy atom. The molecule has 0 saturated heterocycles. The summed E-state index contributed by atoms with van der Waals surface area (Å²) in [6, 6.07) is 8.71. The summed E-state index contributed by atoms with van der Waals surface area (Å²) in [6.45, 7) is 0. The van der Waals surface area contributed by atoms with Crippen molar-refractivity contribution in [3.63, 3.8) is 0 Å². The Morgan fingerprint density at radius 1 is 1.29 bits per heavy atom. The highest BCUT2D eigenvalue weighted by molar-refractivity contribution is 7.25. The van der Waals surface area contributed by atoms with E-state index < -0.39 is 10.8 Å². The number of nitrogens with zero attached hydrogens (tertiary/aromatic N) is 1. The summed E-state index contributed by atoms with van der Waals surface area (Å²) in [5.41, 5.74) is 0.517. The van der Waals surface area contributed by atoms with Crippen molar-refractivity contribution in [3.8, 4) is 0 Å². The van der Waals surface area contributed by atoms with Gasteiger partial charge in [-0.2, -0.15) is 4.98 Å². The van der Waals surface area contributed by atoms with E-state index in [-0.39, 0.29) is 10.8 Å². The molecule has 2 rings (SSSR count). The van der Waals surface area contributed by atoms with Gasteiger partial charge < -0.3 is 4.55 Å². The van der Waals surface area contributed by atoms with Crippen LogP contribution in [0, 0.1) is 0 Å². The van der Waals surface area contributed by atoms with Crippen molar-refractivity contribution >= 4 is 16.5 Å². The molecule has 1 atom stereocenters. The van der Waals surface area contributed by atoms with Gasteiger partial charge in [0.2, 0.25) is 0 Å². The Balaban J connectivity index is 2.39. The Morgan fingerprint density at radius 2 is 2.00 bits per heavy atom. The molecule has 14 heavy (non-hydrogen) atoms. The van der Waals surface area contributed by atoms with Gasteiger partial charge in [0, 0.05) is 5.56 Å². The minimum atomic E-state index is -1.37. The molecule has 2 aromatic rings. The van der Waals surface area contributed by atoms with Crippen LogP contribution in [0.1, 0.15) is 15.4 Å². The fourth-order valence-corrected chi connectivity index (χ4v) is 1.90. The third kappa shape index (κ3) is 1.57. The number of rotatable bonds is 2. The van der Waals surface area contributed by atoms with Crippen molar-refractivity contribution in [2.45, 2.75) is 0 Å². The molecule has 70 valence electrons. The van der Waals surface area contributed by atoms with Gasteiger partial charge in [0.05, 0.1) is 6.20 Å². The number of benzene rings is 1. The third-order valence-electron chi connectivity index (χ3n) is 1.80. The Hall–Kier alpha value is -1.52. The van der Waals surface area contributed by atoms with E-state index in [1.54, 1.807) is 24.3 Å². The van der Waals surface area contributed by atoms with Gasteiger partial charge in [0.25, 0.3) is 5.78 Å². The number of aromatic nitrogens is 1. The highest BCUT2D eigenvalue weighted by Crippen LogP contribution is 2.19. The fourth-order valence-electron chi connectivity index (χ4n) is 1.13. The lowest BCUT2D eigenvalue weighted by atomic mass is 10.1. The highest BCUT2D eigenvalue weighted by Gasteiger charge is 2.19. The summed E-state index contributed by atoms with van der Waals surface area (Å²) in [7, 11) is -1.37. The van der Waals surface area contributed by atoms with Gasteiger partial charge in [-0.25, -0.2) is 0 Å². The topological polar surface area (TPSA) is 53.0 Å². The molecule has 0 aliphatic rings. The Labute approximate surface area is 83.8 Å². The van der Waals surface area contributed by atoms with E-state index in [0.29, 0.717) is 5.56 Å². The first-order valence-corrected chi connectivity index (χ1v) is 5.25. The van der Waals surface area contributed by atoms with Crippen LogP contribution >= 0.6 is 10.8 Å². The van der Waals surface area contributed by atoms with Gasteiger partial charge in [-0.15, -0.1) is 0 Å². The molecule has 3 nitrogen and oxygen atoms in total. The number of hydrogen-bond acceptors (Lipinski definition) is 3. The summed E-state index contributed by atoms with van der Waals surface area (Å²) in [4.78, 5) is 15.5. The molecule has 1 aromatic carbocycles. The maximum absolute atomic E-state index is 11.7. The highest BCUT2D eigenvalue weighted by atomic mass is 32.2. The Kier molecular flexibility index (Phi) is 2.39. The minimum Gasteiger partial charge on any atom is -0.589 e. The molecule has 0 amide bonds. The van der Waals surface area contributed by atoms with Crippen LogP contribution in [0.3, 0.4) is 0 Å². The average Bonchev–Trinajstić information content (AvgIpc) is 2.65. The van der Waals surface area contributed by atoms with Crippen LogP contribution in [-0.2, 0) is 0 Å². The summed E-state index contributed by atoms with van der Waals surface area (Å²) < 4.78 is 11.3. The molecule has 0 saturated carbocycles. The second-order valence-corrected chi connectivity index (χ2v) is 3.97. The molecule has 0 radical (unpaired) electrons. The quantitative estimate of drug-likeness (QED) is 0.557. The lowest BCUT2D eigenvalue weighted by molar-refractivity contribution is 0.103. The van der Waals surface area contributed by atoms with Gasteiger partial charge >= 0.3 is 5.01 Å². The molecule has 0 aliphatic heterocycles. The van der Waals surface area contributed by atoms with Gasteiger partial charge in [-0.1, -0.05) is 30.3 Å². The number of carbonyl (C=O) groups excluding carboxylic acids is 1. The predicted octanol–water partition coefficient (Wildman–Crippen LogP) is 2.04. The van der Waals surface area contributed by atoms with E-state index in [1.165, 1.54) is 11.6 Å². The van der Waals surface area contributed by atoms with E-state index in [9.17, 15) is 9.35 Å². The SMILES string of the molecule is O=C(c1ccccc1)c1ncc[s+]1[O-]. The zero-order valence-corrected chi connectivity index (χ0v) is 8.03. The second-order valence-electron chi connectivity index (χ2n) is 2.71. The van der Waals surface area contributed by atoms with Crippen molar-refractivity contribution in [3.05, 3.63) is 52.5 Å². The standard InChI is InChI=1S/C10H7NO2S/c12-9(8-4-2-1-3-5-8)10-11-6-7-14(10)13/h1-7H. The Bertz CT molecular complexity index is 450. The van der Waals surface area contributed by atoms with Crippen LogP contribution in [0.5, 0.6) is 0 Å². The lowest BCUT2D eigenvalue weighted by Crippen LogP contribution is -2.00. The summed E-state index contributed by atoms with van der Waals surface area (Å²) >= 11 is 0. The van der Waals surface area contributed by atoms with Crippen LogP contribution in [0.2, 0.25) is 0 Å². The number of ketones is 1. The first kappa shape index (κ1) is 9.05. The molecule has 0 bridgehead atoms. The molecule has 1 aromatic heterocycles. The number of carbonyl (C=O) groups is 1. The average molecular weight is 205 g/mol. The monoisotopic (exact) mass is 205 g/mol. The van der Waals surface area contributed by atoms with Crippen LogP contribution in [0.4, 0.5) is 0 Å². The minimum absolute atomic E-state index is 0.108. The van der Waals surface area contributed by atoms with Crippen molar-refractivity contribution in [2.24, 2.45) is 0 Å². The number of hydrogen-bond donors (Lipinski definition) is 0. The first-order valence-electron chi connectivity index (χ1n) is 4.04. The van der Waals surface area contributed by atoms with E-state index in [4.69, 9.17) is 0 Å². The van der Waals surface area contributed by atoms with Crippen molar-refractivity contribution in [2.75, 3.05) is 0 Å². The molecule has 1 heterocycles. The van der Waals surface area contributed by atoms with Crippen molar-refractivity contribution in [1.29, 1.82) is 0 Å². The van der Waals surface area contributed by atoms with Crippen molar-refractivity contribution in [1.82, 2.24) is 4.98 Å². The maximum atomic E-state index is 11.7. The van der Waals surface area contributed by atoms with Gasteiger partial charge in [-0.3, -0.25) is 4.79 Å². The summed E-state index contributed by atoms with van der Waals surface area (Å²) in [6.07, 6.45) is 1.40. The molecule has 0 spiro atoms. The first-order chi connectivity index (χ1) is 6.79. The van der Waals surface area contributed by atoms with E-state index >= 15 is 0 Å². The molecule has 4 heteroatoms. The lowest BCUT2D eigenvalue weighted by Gasteiger charge is -1.95. The molecule has 0 aliphatic carbocycles. The van der Waals surface area contributed by atoms with Crippen molar-refractivity contribution < 1.29 is 9.35 Å². The van der Waals surface area contributed by atoms with Crippen LogP contribution in [0.15, 0.2) is 41.9 Å². The van der Waals surface area contributed by atoms with E-state index in [0.717, 1.165) is 0 Å². The molecular formula is C10H7NO2S. The van der Waals surface area contributed by atoms with E-state index in [1.807, 2.05) is 6.07 Å². The van der Waals surface area contributed by atoms with Gasteiger partial charge in [0.1, 0.15) is 0 Å². The maximum Gasteiger partial charge on any atom is 0.314 e. The third-order valence-corrected chi connectivity index (χ3v) is 2.84. The van der Waals surface area contributed by atoms with Crippen LogP contribution in [0.25, 0.3) is 0 Å². The van der Waals surface area contributed by atoms with Crippen LogP contribution in [-0.4, -0.2) is 15.3 Å². The molecule has 1 unspecified atom stereocenters. The summed E-state index contributed by atoms with van der Waals surface area (Å²) in [5.74, 6) is -0.270. The smallest absolute Gasteiger partial charge is 0.314 e. The predicted molar refractivity (Wildman–Crippen MR) is 52.8 cm³/mol. The second kappa shape index (κ2) is 3.69. The van der Waals surface area contributed by atoms with Gasteiger partial charge in [-0.05, 0) is 10.8 Å². The zero-order valence-electron chi connectivity index (χ0n) is 7.21. The summed E-state index contributed by atoms with van der Waals surface area (Å²) in [5, 5.41) is 1.51. The normalized spacial score (nSPS) is 11.4. The molecule has 0 N–H and O–H groups in total. The largest absolute Gasteiger partial charge is 0.589 e. The van der Waals surface area contributed by atoms with E-state index in [2.05, 4.69) is 4.98 Å². The zero-order chi connectivity index (χ0) is 9.97. The van der Waals surface area contributed by atoms with Gasteiger partial charge in [0.15, 0.2) is 5.38 Å². The fraction of sp³-hybridized carbons (Fsp3) is 0. The number of thiazole rings is 1.